The highest BCUT2D eigenvalue weighted by molar-refractivity contribution is 5.89. The molecule has 2 nitrogen and oxygen atoms in total. The van der Waals surface area contributed by atoms with E-state index in [9.17, 15) is 0 Å². The number of fused-ring (bicyclic) bond motifs is 1. The van der Waals surface area contributed by atoms with Crippen molar-refractivity contribution in [2.75, 3.05) is 6.61 Å². The van der Waals surface area contributed by atoms with Crippen molar-refractivity contribution in [3.05, 3.63) is 54.1 Å². The molecule has 1 unspecified atom stereocenters. The van der Waals surface area contributed by atoms with Gasteiger partial charge >= 0.3 is 0 Å². The summed E-state index contributed by atoms with van der Waals surface area (Å²) >= 11 is 0. The van der Waals surface area contributed by atoms with E-state index < -0.39 is 0 Å². The van der Waals surface area contributed by atoms with Crippen LogP contribution in [-0.2, 0) is 0 Å². The van der Waals surface area contributed by atoms with E-state index in [2.05, 4.69) is 62.5 Å². The first kappa shape index (κ1) is 15.6. The molecule has 0 saturated carbocycles. The fraction of sp³-hybridized carbons (Fsp3) is 0.368. The third kappa shape index (κ3) is 3.85. The largest absolute Gasteiger partial charge is 0.489 e. The van der Waals surface area contributed by atoms with Crippen LogP contribution in [0.2, 0.25) is 0 Å². The molecule has 0 bridgehead atoms. The van der Waals surface area contributed by atoms with Crippen LogP contribution >= 0.6 is 0 Å². The van der Waals surface area contributed by atoms with Crippen molar-refractivity contribution >= 4 is 10.8 Å². The molecule has 0 aromatic heterocycles. The number of hydrogen-bond acceptors (Lipinski definition) is 2. The Kier molecular flexibility index (Phi) is 5.40. The molecule has 1 N–H and O–H groups in total. The minimum absolute atomic E-state index is 0.259. The van der Waals surface area contributed by atoms with Gasteiger partial charge in [0.1, 0.15) is 12.4 Å². The van der Waals surface area contributed by atoms with Crippen molar-refractivity contribution in [3.63, 3.8) is 0 Å². The molecule has 0 saturated heterocycles. The van der Waals surface area contributed by atoms with Crippen LogP contribution in [0.1, 0.15) is 39.3 Å². The molecular weight excluding hydrogens is 258 g/mol. The molecule has 2 aromatic rings. The summed E-state index contributed by atoms with van der Waals surface area (Å²) in [7, 11) is 0. The van der Waals surface area contributed by atoms with Gasteiger partial charge in [-0.2, -0.15) is 0 Å². The number of hydrogen-bond donors (Lipinski definition) is 1. The van der Waals surface area contributed by atoms with E-state index in [1.54, 1.807) is 0 Å². The molecule has 0 aliphatic carbocycles. The van der Waals surface area contributed by atoms with Crippen LogP contribution in [-0.4, -0.2) is 12.6 Å². The Morgan fingerprint density at radius 3 is 2.57 bits per heavy atom. The van der Waals surface area contributed by atoms with Crippen molar-refractivity contribution in [2.45, 2.75) is 39.8 Å². The molecule has 1 atom stereocenters. The van der Waals surface area contributed by atoms with Crippen LogP contribution in [0.4, 0.5) is 0 Å². The lowest BCUT2D eigenvalue weighted by molar-refractivity contribution is 0.356. The van der Waals surface area contributed by atoms with Crippen molar-refractivity contribution in [3.8, 4) is 5.75 Å². The van der Waals surface area contributed by atoms with E-state index in [-0.39, 0.29) is 6.04 Å². The van der Waals surface area contributed by atoms with Gasteiger partial charge in [0, 0.05) is 23.0 Å². The minimum atomic E-state index is 0.259. The SMILES string of the molecule is CC=CCOc1c(C(C)NC(C)C)ccc2ccccc12. The maximum atomic E-state index is 6.07. The lowest BCUT2D eigenvalue weighted by atomic mass is 10.0. The Balaban J connectivity index is 2.44. The molecule has 2 rings (SSSR count). The molecule has 0 aliphatic rings. The number of allylic oxidation sites excluding steroid dienone is 1. The Hall–Kier alpha value is -1.80. The average molecular weight is 283 g/mol. The number of ether oxygens (including phenoxy) is 1. The molecule has 0 radical (unpaired) electrons. The molecule has 0 spiro atoms. The number of benzene rings is 2. The van der Waals surface area contributed by atoms with Crippen LogP contribution in [0.3, 0.4) is 0 Å². The predicted molar refractivity (Wildman–Crippen MR) is 90.9 cm³/mol. The molecule has 0 fully saturated rings. The van der Waals surface area contributed by atoms with Gasteiger partial charge in [0.15, 0.2) is 0 Å². The van der Waals surface area contributed by atoms with E-state index in [1.165, 1.54) is 16.3 Å². The van der Waals surface area contributed by atoms with Gasteiger partial charge in [-0.15, -0.1) is 0 Å². The molecule has 2 aromatic carbocycles. The first-order valence-corrected chi connectivity index (χ1v) is 7.65. The molecule has 0 aliphatic heterocycles. The summed E-state index contributed by atoms with van der Waals surface area (Å²) in [6.45, 7) is 9.13. The molecule has 2 heteroatoms. The van der Waals surface area contributed by atoms with E-state index in [1.807, 2.05) is 19.1 Å². The third-order valence-electron chi connectivity index (χ3n) is 3.52. The molecule has 21 heavy (non-hydrogen) atoms. The van der Waals surface area contributed by atoms with Crippen LogP contribution in [0.25, 0.3) is 10.8 Å². The van der Waals surface area contributed by atoms with Gasteiger partial charge in [0.2, 0.25) is 0 Å². The summed E-state index contributed by atoms with van der Waals surface area (Å²) in [5.74, 6) is 0.992. The summed E-state index contributed by atoms with van der Waals surface area (Å²) in [5, 5.41) is 5.95. The zero-order valence-corrected chi connectivity index (χ0v) is 13.4. The van der Waals surface area contributed by atoms with Crippen molar-refractivity contribution in [1.29, 1.82) is 0 Å². The van der Waals surface area contributed by atoms with Gasteiger partial charge in [-0.3, -0.25) is 0 Å². The summed E-state index contributed by atoms with van der Waals surface area (Å²) in [5.41, 5.74) is 1.21. The second kappa shape index (κ2) is 7.28. The van der Waals surface area contributed by atoms with Crippen molar-refractivity contribution < 1.29 is 4.74 Å². The Morgan fingerprint density at radius 1 is 1.10 bits per heavy atom. The maximum absolute atomic E-state index is 6.07. The van der Waals surface area contributed by atoms with Gasteiger partial charge in [-0.05, 0) is 19.2 Å². The number of nitrogens with one attached hydrogen (secondary N) is 1. The Morgan fingerprint density at radius 2 is 1.86 bits per heavy atom. The molecular formula is C19H25NO. The van der Waals surface area contributed by atoms with E-state index in [4.69, 9.17) is 4.74 Å². The summed E-state index contributed by atoms with van der Waals surface area (Å²) in [6, 6.07) is 13.4. The topological polar surface area (TPSA) is 21.3 Å². The van der Waals surface area contributed by atoms with Gasteiger partial charge in [-0.1, -0.05) is 62.4 Å². The third-order valence-corrected chi connectivity index (χ3v) is 3.52. The second-order valence-corrected chi connectivity index (χ2v) is 5.63. The van der Waals surface area contributed by atoms with E-state index in [0.29, 0.717) is 12.6 Å². The Bertz CT molecular complexity index is 616. The molecule has 0 heterocycles. The summed E-state index contributed by atoms with van der Waals surface area (Å²) in [4.78, 5) is 0. The highest BCUT2D eigenvalue weighted by Gasteiger charge is 2.15. The zero-order chi connectivity index (χ0) is 15.2. The second-order valence-electron chi connectivity index (χ2n) is 5.63. The smallest absolute Gasteiger partial charge is 0.132 e. The fourth-order valence-corrected chi connectivity index (χ4v) is 2.58. The predicted octanol–water partition coefficient (Wildman–Crippen LogP) is 4.85. The normalized spacial score (nSPS) is 13.2. The zero-order valence-electron chi connectivity index (χ0n) is 13.4. The standard InChI is InChI=1S/C19H25NO/c1-5-6-13-21-19-17(15(4)20-14(2)3)12-11-16-9-7-8-10-18(16)19/h5-12,14-15,20H,13H2,1-4H3. The minimum Gasteiger partial charge on any atom is -0.489 e. The van der Waals surface area contributed by atoms with Crippen LogP contribution < -0.4 is 10.1 Å². The molecule has 0 amide bonds. The maximum Gasteiger partial charge on any atom is 0.132 e. The van der Waals surface area contributed by atoms with Gasteiger partial charge in [0.05, 0.1) is 0 Å². The van der Waals surface area contributed by atoms with Gasteiger partial charge in [-0.25, -0.2) is 0 Å². The van der Waals surface area contributed by atoms with Crippen molar-refractivity contribution in [1.82, 2.24) is 5.32 Å². The van der Waals surface area contributed by atoms with Gasteiger partial charge < -0.3 is 10.1 Å². The summed E-state index contributed by atoms with van der Waals surface area (Å²) < 4.78 is 6.07. The highest BCUT2D eigenvalue weighted by Crippen LogP contribution is 2.33. The fourth-order valence-electron chi connectivity index (χ4n) is 2.58. The monoisotopic (exact) mass is 283 g/mol. The van der Waals surface area contributed by atoms with Crippen molar-refractivity contribution in [2.24, 2.45) is 0 Å². The number of rotatable bonds is 6. The van der Waals surface area contributed by atoms with Crippen LogP contribution in [0.15, 0.2) is 48.6 Å². The molecule has 112 valence electrons. The van der Waals surface area contributed by atoms with E-state index >= 15 is 0 Å². The highest BCUT2D eigenvalue weighted by atomic mass is 16.5. The first-order chi connectivity index (χ1) is 10.1. The lowest BCUT2D eigenvalue weighted by Gasteiger charge is -2.21. The van der Waals surface area contributed by atoms with Crippen LogP contribution in [0.5, 0.6) is 5.75 Å². The average Bonchev–Trinajstić information content (AvgIpc) is 2.46. The van der Waals surface area contributed by atoms with Crippen LogP contribution in [0, 0.1) is 0 Å². The quantitative estimate of drug-likeness (QED) is 0.765. The lowest BCUT2D eigenvalue weighted by Crippen LogP contribution is -2.26. The Labute approximate surface area is 127 Å². The van der Waals surface area contributed by atoms with E-state index in [0.717, 1.165) is 5.75 Å². The summed E-state index contributed by atoms with van der Waals surface area (Å²) in [6.07, 6.45) is 4.05. The first-order valence-electron chi connectivity index (χ1n) is 7.65. The van der Waals surface area contributed by atoms with Gasteiger partial charge in [0.25, 0.3) is 0 Å².